The van der Waals surface area contributed by atoms with Crippen LogP contribution in [0.3, 0.4) is 0 Å². The molecule has 0 aliphatic carbocycles. The van der Waals surface area contributed by atoms with E-state index in [2.05, 4.69) is 4.98 Å². The number of hydrogen-bond donors (Lipinski definition) is 3. The molecule has 2 amide bonds. The van der Waals surface area contributed by atoms with Crippen LogP contribution in [0.5, 0.6) is 0 Å². The summed E-state index contributed by atoms with van der Waals surface area (Å²) in [6.45, 7) is 1.88. The number of nitrogens with two attached hydrogens (primary N) is 2. The fourth-order valence-corrected chi connectivity index (χ4v) is 2.55. The van der Waals surface area contributed by atoms with Crippen molar-refractivity contribution in [2.24, 2.45) is 11.6 Å². The molecule has 1 fully saturated rings. The van der Waals surface area contributed by atoms with Gasteiger partial charge in [-0.1, -0.05) is 0 Å². The highest BCUT2D eigenvalue weighted by Gasteiger charge is 2.28. The maximum Gasteiger partial charge on any atom is 0.294 e. The zero-order valence-corrected chi connectivity index (χ0v) is 11.0. The van der Waals surface area contributed by atoms with Gasteiger partial charge in [0.15, 0.2) is 5.01 Å². The number of nitrogens with one attached hydrogen (secondary N) is 1. The van der Waals surface area contributed by atoms with Crippen molar-refractivity contribution in [2.75, 3.05) is 19.8 Å². The quantitative estimate of drug-likeness (QED) is 0.349. The molecular weight excluding hydrogens is 270 g/mol. The van der Waals surface area contributed by atoms with E-state index < -0.39 is 17.9 Å². The number of carbonyl (C=O) groups is 2. The van der Waals surface area contributed by atoms with Crippen LogP contribution >= 0.6 is 11.3 Å². The van der Waals surface area contributed by atoms with Gasteiger partial charge < -0.3 is 10.5 Å². The first-order valence-corrected chi connectivity index (χ1v) is 6.56. The second-order valence-electron chi connectivity index (χ2n) is 4.08. The fraction of sp³-hybridized carbons (Fsp3) is 0.500. The average Bonchev–Trinajstić information content (AvgIpc) is 2.86. The number of hydrogen-bond acceptors (Lipinski definition) is 7. The first-order valence-electron chi connectivity index (χ1n) is 5.68. The molecule has 2 heterocycles. The van der Waals surface area contributed by atoms with Gasteiger partial charge >= 0.3 is 0 Å². The molecule has 0 spiro atoms. The number of carbonyl (C=O) groups excluding carboxylic acids is 2. The Balaban J connectivity index is 2.04. The highest BCUT2D eigenvalue weighted by atomic mass is 32.1. The van der Waals surface area contributed by atoms with E-state index in [4.69, 9.17) is 16.3 Å². The van der Waals surface area contributed by atoms with Crippen LogP contribution in [0, 0.1) is 0 Å². The molecule has 0 saturated carbocycles. The number of amides is 2. The minimum absolute atomic E-state index is 0.287. The number of rotatable bonds is 4. The molecule has 0 radical (unpaired) electrons. The molecule has 19 heavy (non-hydrogen) atoms. The summed E-state index contributed by atoms with van der Waals surface area (Å²) in [5.74, 6) is 4.19. The largest absolute Gasteiger partial charge is 0.378 e. The Kier molecular flexibility index (Phi) is 4.43. The number of ether oxygens (including phenoxy) is 1. The van der Waals surface area contributed by atoms with E-state index in [9.17, 15) is 9.59 Å². The maximum atomic E-state index is 11.3. The number of primary amides is 1. The lowest BCUT2D eigenvalue weighted by atomic mass is 10.2. The Bertz CT molecular complexity index is 477. The Labute approximate surface area is 113 Å². The SMILES string of the molecule is NNC(=O)c1nc(CN2CCOCC2C(N)=O)cs1. The number of aromatic nitrogens is 1. The van der Waals surface area contributed by atoms with E-state index in [-0.39, 0.29) is 6.61 Å². The molecule has 1 unspecified atom stereocenters. The molecule has 1 aromatic heterocycles. The van der Waals surface area contributed by atoms with Gasteiger partial charge in [0.05, 0.1) is 18.9 Å². The van der Waals surface area contributed by atoms with Crippen molar-refractivity contribution in [1.82, 2.24) is 15.3 Å². The third-order valence-corrected chi connectivity index (χ3v) is 3.70. The topological polar surface area (TPSA) is 124 Å². The number of nitrogen functional groups attached to an aromatic ring is 1. The van der Waals surface area contributed by atoms with Crippen molar-refractivity contribution in [3.63, 3.8) is 0 Å². The lowest BCUT2D eigenvalue weighted by Gasteiger charge is -2.32. The average molecular weight is 285 g/mol. The normalized spacial score (nSPS) is 20.2. The molecular formula is C10H15N5O3S. The maximum absolute atomic E-state index is 11.3. The minimum Gasteiger partial charge on any atom is -0.378 e. The number of hydrazine groups is 1. The summed E-state index contributed by atoms with van der Waals surface area (Å²) in [6.07, 6.45) is 0. The van der Waals surface area contributed by atoms with Crippen LogP contribution in [0.25, 0.3) is 0 Å². The molecule has 8 nitrogen and oxygen atoms in total. The molecule has 0 aromatic carbocycles. The highest BCUT2D eigenvalue weighted by molar-refractivity contribution is 7.11. The van der Waals surface area contributed by atoms with E-state index in [1.54, 1.807) is 5.38 Å². The summed E-state index contributed by atoms with van der Waals surface area (Å²) in [6, 6.07) is -0.456. The van der Waals surface area contributed by atoms with Crippen molar-refractivity contribution in [1.29, 1.82) is 0 Å². The van der Waals surface area contributed by atoms with E-state index in [0.717, 1.165) is 0 Å². The summed E-state index contributed by atoms with van der Waals surface area (Å²) >= 11 is 1.20. The van der Waals surface area contributed by atoms with Crippen LogP contribution < -0.4 is 17.0 Å². The fourth-order valence-electron chi connectivity index (χ4n) is 1.84. The van der Waals surface area contributed by atoms with Gasteiger partial charge in [-0.3, -0.25) is 19.9 Å². The van der Waals surface area contributed by atoms with Crippen LogP contribution in [-0.4, -0.2) is 47.5 Å². The van der Waals surface area contributed by atoms with Crippen LogP contribution in [0.15, 0.2) is 5.38 Å². The molecule has 5 N–H and O–H groups in total. The third-order valence-electron chi connectivity index (χ3n) is 2.81. The van der Waals surface area contributed by atoms with Gasteiger partial charge in [-0.05, 0) is 0 Å². The van der Waals surface area contributed by atoms with E-state index >= 15 is 0 Å². The zero-order chi connectivity index (χ0) is 13.8. The lowest BCUT2D eigenvalue weighted by Crippen LogP contribution is -2.51. The van der Waals surface area contributed by atoms with Crippen molar-refractivity contribution in [3.8, 4) is 0 Å². The molecule has 2 rings (SSSR count). The minimum atomic E-state index is -0.456. The standard InChI is InChI=1S/C10H15N5O3S/c11-8(16)7-4-18-2-1-15(7)3-6-5-19-10(13-6)9(17)14-12/h5,7H,1-4,12H2,(H2,11,16)(H,14,17). The first kappa shape index (κ1) is 13.9. The van der Waals surface area contributed by atoms with E-state index in [1.807, 2.05) is 10.3 Å². The predicted octanol–water partition coefficient (Wildman–Crippen LogP) is -1.57. The molecule has 1 atom stereocenters. The van der Waals surface area contributed by atoms with Crippen LogP contribution in [0.1, 0.15) is 15.5 Å². The Morgan fingerprint density at radius 2 is 2.42 bits per heavy atom. The van der Waals surface area contributed by atoms with Gasteiger partial charge in [-0.25, -0.2) is 10.8 Å². The van der Waals surface area contributed by atoms with E-state index in [1.165, 1.54) is 11.3 Å². The lowest BCUT2D eigenvalue weighted by molar-refractivity contribution is -0.129. The van der Waals surface area contributed by atoms with Gasteiger partial charge in [0.2, 0.25) is 5.91 Å². The van der Waals surface area contributed by atoms with Gasteiger partial charge in [0, 0.05) is 18.5 Å². The molecule has 0 bridgehead atoms. The second kappa shape index (κ2) is 6.06. The van der Waals surface area contributed by atoms with Gasteiger partial charge in [-0.15, -0.1) is 11.3 Å². The molecule has 1 aromatic rings. The summed E-state index contributed by atoms with van der Waals surface area (Å²) < 4.78 is 5.23. The number of thiazole rings is 1. The highest BCUT2D eigenvalue weighted by Crippen LogP contribution is 2.15. The molecule has 9 heteroatoms. The summed E-state index contributed by atoms with van der Waals surface area (Å²) in [5, 5.41) is 2.05. The summed E-state index contributed by atoms with van der Waals surface area (Å²) in [5.41, 5.74) is 8.06. The van der Waals surface area contributed by atoms with E-state index in [0.29, 0.717) is 30.4 Å². The molecule has 1 saturated heterocycles. The summed E-state index contributed by atoms with van der Waals surface area (Å²) in [7, 11) is 0. The monoisotopic (exact) mass is 285 g/mol. The van der Waals surface area contributed by atoms with Crippen LogP contribution in [0.4, 0.5) is 0 Å². The van der Waals surface area contributed by atoms with Gasteiger partial charge in [-0.2, -0.15) is 0 Å². The smallest absolute Gasteiger partial charge is 0.294 e. The van der Waals surface area contributed by atoms with Crippen molar-refractivity contribution in [2.45, 2.75) is 12.6 Å². The van der Waals surface area contributed by atoms with Crippen LogP contribution in [0.2, 0.25) is 0 Å². The molecule has 104 valence electrons. The van der Waals surface area contributed by atoms with Crippen molar-refractivity contribution in [3.05, 3.63) is 16.1 Å². The van der Waals surface area contributed by atoms with Crippen LogP contribution in [-0.2, 0) is 16.1 Å². The van der Waals surface area contributed by atoms with Crippen molar-refractivity contribution >= 4 is 23.2 Å². The number of nitrogens with zero attached hydrogens (tertiary/aromatic N) is 2. The second-order valence-corrected chi connectivity index (χ2v) is 4.94. The molecule has 1 aliphatic rings. The number of morpholine rings is 1. The predicted molar refractivity (Wildman–Crippen MR) is 68.0 cm³/mol. The van der Waals surface area contributed by atoms with Gasteiger partial charge in [0.1, 0.15) is 6.04 Å². The Morgan fingerprint density at radius 3 is 3.11 bits per heavy atom. The Hall–Kier alpha value is -1.55. The third kappa shape index (κ3) is 3.26. The summed E-state index contributed by atoms with van der Waals surface area (Å²) in [4.78, 5) is 28.7. The molecule has 1 aliphatic heterocycles. The van der Waals surface area contributed by atoms with Gasteiger partial charge in [0.25, 0.3) is 5.91 Å². The Morgan fingerprint density at radius 1 is 1.63 bits per heavy atom. The first-order chi connectivity index (χ1) is 9.11. The van der Waals surface area contributed by atoms with Crippen molar-refractivity contribution < 1.29 is 14.3 Å². The zero-order valence-electron chi connectivity index (χ0n) is 10.2.